The Labute approximate surface area is 255 Å². The lowest BCUT2D eigenvalue weighted by Crippen LogP contribution is -2.36. The maximum atomic E-state index is 14.4. The second-order valence-corrected chi connectivity index (χ2v) is 11.2. The van der Waals surface area contributed by atoms with E-state index < -0.39 is 0 Å². The highest BCUT2D eigenvalue weighted by molar-refractivity contribution is 6.03. The van der Waals surface area contributed by atoms with Gasteiger partial charge in [-0.3, -0.25) is 4.79 Å². The molecule has 9 heteroatoms. The summed E-state index contributed by atoms with van der Waals surface area (Å²) < 4.78 is 31.1. The van der Waals surface area contributed by atoms with Crippen molar-refractivity contribution in [2.45, 2.75) is 32.1 Å². The van der Waals surface area contributed by atoms with E-state index in [0.717, 1.165) is 42.9 Å². The van der Waals surface area contributed by atoms with E-state index in [1.807, 2.05) is 43.3 Å². The molecule has 226 valence electrons. The molecule has 2 aromatic heterocycles. The highest BCUT2D eigenvalue weighted by atomic mass is 19.1. The summed E-state index contributed by atoms with van der Waals surface area (Å²) in [5.74, 6) is 1.70. The van der Waals surface area contributed by atoms with Crippen LogP contribution in [-0.4, -0.2) is 43.7 Å². The SMILES string of the molecule is COC(=O)c1cccc(OCC2CCN(c3ccc(NC(=O)c4oc5c(c4C)CC(c4ccccc4F)C=C5)cn3)CC2)c1. The Morgan fingerprint density at radius 1 is 1.09 bits per heavy atom. The minimum Gasteiger partial charge on any atom is -0.493 e. The van der Waals surface area contributed by atoms with E-state index in [0.29, 0.717) is 47.3 Å². The number of nitrogens with one attached hydrogen (secondary N) is 1. The van der Waals surface area contributed by atoms with Crippen LogP contribution in [0.5, 0.6) is 5.75 Å². The zero-order valence-corrected chi connectivity index (χ0v) is 24.7. The van der Waals surface area contributed by atoms with Crippen molar-refractivity contribution >= 4 is 29.5 Å². The number of aromatic nitrogens is 1. The first-order valence-corrected chi connectivity index (χ1v) is 14.8. The van der Waals surface area contributed by atoms with Crippen molar-refractivity contribution in [2.75, 3.05) is 37.0 Å². The molecule has 8 nitrogen and oxygen atoms in total. The van der Waals surface area contributed by atoms with Gasteiger partial charge in [0.2, 0.25) is 0 Å². The Balaban J connectivity index is 1.01. The van der Waals surface area contributed by atoms with Crippen molar-refractivity contribution in [3.8, 4) is 5.75 Å². The zero-order chi connectivity index (χ0) is 30.6. The third-order valence-corrected chi connectivity index (χ3v) is 8.40. The van der Waals surface area contributed by atoms with E-state index in [2.05, 4.69) is 15.2 Å². The fourth-order valence-electron chi connectivity index (χ4n) is 5.86. The van der Waals surface area contributed by atoms with E-state index >= 15 is 0 Å². The third-order valence-electron chi connectivity index (χ3n) is 8.40. The van der Waals surface area contributed by atoms with Crippen molar-refractivity contribution in [2.24, 2.45) is 5.92 Å². The number of carbonyl (C=O) groups excluding carboxylic acids is 2. The Morgan fingerprint density at radius 2 is 1.91 bits per heavy atom. The lowest BCUT2D eigenvalue weighted by molar-refractivity contribution is 0.0600. The maximum Gasteiger partial charge on any atom is 0.337 e. The number of benzene rings is 2. The summed E-state index contributed by atoms with van der Waals surface area (Å²) in [6, 6.07) is 17.6. The molecule has 6 rings (SSSR count). The van der Waals surface area contributed by atoms with E-state index in [9.17, 15) is 14.0 Å². The molecule has 1 saturated heterocycles. The summed E-state index contributed by atoms with van der Waals surface area (Å²) in [6.07, 6.45) is 7.88. The minimum atomic E-state index is -0.384. The van der Waals surface area contributed by atoms with Gasteiger partial charge in [-0.15, -0.1) is 0 Å². The molecule has 1 unspecified atom stereocenters. The predicted molar refractivity (Wildman–Crippen MR) is 166 cm³/mol. The van der Waals surface area contributed by atoms with Gasteiger partial charge in [0.1, 0.15) is 23.1 Å². The summed E-state index contributed by atoms with van der Waals surface area (Å²) in [6.45, 7) is 4.12. The van der Waals surface area contributed by atoms with Gasteiger partial charge in [0.15, 0.2) is 5.76 Å². The van der Waals surface area contributed by atoms with Crippen LogP contribution in [0.3, 0.4) is 0 Å². The number of piperidine rings is 1. The molecule has 1 fully saturated rings. The van der Waals surface area contributed by atoms with E-state index in [1.165, 1.54) is 13.2 Å². The number of rotatable bonds is 8. The molecule has 1 atom stereocenters. The van der Waals surface area contributed by atoms with Gasteiger partial charge in [-0.05, 0) is 80.1 Å². The Morgan fingerprint density at radius 3 is 2.66 bits per heavy atom. The summed E-state index contributed by atoms with van der Waals surface area (Å²) in [4.78, 5) is 31.7. The summed E-state index contributed by atoms with van der Waals surface area (Å²) >= 11 is 0. The monoisotopic (exact) mass is 595 g/mol. The highest BCUT2D eigenvalue weighted by Gasteiger charge is 2.27. The van der Waals surface area contributed by atoms with Gasteiger partial charge in [-0.2, -0.15) is 0 Å². The Bertz CT molecular complexity index is 1690. The van der Waals surface area contributed by atoms with Crippen molar-refractivity contribution in [3.63, 3.8) is 0 Å². The van der Waals surface area contributed by atoms with Crippen molar-refractivity contribution in [1.29, 1.82) is 0 Å². The molecule has 1 aliphatic heterocycles. The number of halogens is 1. The fourth-order valence-corrected chi connectivity index (χ4v) is 5.86. The van der Waals surface area contributed by atoms with Crippen LogP contribution >= 0.6 is 0 Å². The predicted octanol–water partition coefficient (Wildman–Crippen LogP) is 6.81. The Kier molecular flexibility index (Phi) is 8.45. The molecule has 0 spiro atoms. The molecule has 1 aliphatic carbocycles. The molecule has 3 heterocycles. The molecule has 1 N–H and O–H groups in total. The molecule has 4 aromatic rings. The molecule has 0 radical (unpaired) electrons. The number of amides is 1. The molecular formula is C35H34FN3O5. The first-order chi connectivity index (χ1) is 21.4. The molecule has 2 aromatic carbocycles. The number of esters is 1. The minimum absolute atomic E-state index is 0.115. The fraction of sp³-hybridized carbons (Fsp3) is 0.286. The van der Waals surface area contributed by atoms with Crippen LogP contribution in [0.15, 0.2) is 77.4 Å². The second-order valence-electron chi connectivity index (χ2n) is 11.2. The lowest BCUT2D eigenvalue weighted by Gasteiger charge is -2.32. The van der Waals surface area contributed by atoms with Gasteiger partial charge < -0.3 is 24.1 Å². The number of pyridine rings is 1. The zero-order valence-electron chi connectivity index (χ0n) is 24.7. The molecule has 0 saturated carbocycles. The van der Waals surface area contributed by atoms with Crippen LogP contribution in [0.25, 0.3) is 6.08 Å². The standard InChI is InChI=1S/C35H34FN3O5/c1-22-29-19-24(28-8-3-4-9-30(28)36)10-12-31(29)44-33(22)34(40)38-26-11-13-32(37-20-26)39-16-14-23(15-17-39)21-43-27-7-5-6-25(18-27)35(41)42-2/h3-13,18,20,23-24H,14-17,19,21H2,1-2H3,(H,38,40). The Hall–Kier alpha value is -4.92. The average molecular weight is 596 g/mol. The number of carbonyl (C=O) groups is 2. The quantitative estimate of drug-likeness (QED) is 0.224. The number of ether oxygens (including phenoxy) is 2. The molecule has 2 aliphatic rings. The molecule has 1 amide bonds. The van der Waals surface area contributed by atoms with Crippen molar-refractivity contribution in [1.82, 2.24) is 4.98 Å². The van der Waals surface area contributed by atoms with Crippen molar-refractivity contribution < 1.29 is 27.9 Å². The van der Waals surface area contributed by atoms with Gasteiger partial charge in [0.25, 0.3) is 5.91 Å². The number of allylic oxidation sites excluding steroid dienone is 1. The lowest BCUT2D eigenvalue weighted by atomic mass is 9.86. The van der Waals surface area contributed by atoms with Crippen molar-refractivity contribution in [3.05, 3.63) is 113 Å². The largest absolute Gasteiger partial charge is 0.493 e. The summed E-state index contributed by atoms with van der Waals surface area (Å²) in [7, 11) is 1.36. The maximum absolute atomic E-state index is 14.4. The van der Waals surface area contributed by atoms with E-state index in [-0.39, 0.29) is 29.4 Å². The number of anilines is 2. The topological polar surface area (TPSA) is 93.9 Å². The summed E-state index contributed by atoms with van der Waals surface area (Å²) in [5, 5.41) is 2.90. The summed E-state index contributed by atoms with van der Waals surface area (Å²) in [5.41, 5.74) is 3.35. The number of fused-ring (bicyclic) bond motifs is 1. The number of methoxy groups -OCH3 is 1. The van der Waals surface area contributed by atoms with Crippen LogP contribution < -0.4 is 15.0 Å². The van der Waals surface area contributed by atoms with Gasteiger partial charge in [0.05, 0.1) is 31.2 Å². The first kappa shape index (κ1) is 29.2. The van der Waals surface area contributed by atoms with E-state index in [1.54, 1.807) is 36.5 Å². The highest BCUT2D eigenvalue weighted by Crippen LogP contribution is 2.36. The molecular weight excluding hydrogens is 561 g/mol. The molecule has 44 heavy (non-hydrogen) atoms. The van der Waals surface area contributed by atoms with Crippen LogP contribution in [0, 0.1) is 18.7 Å². The average Bonchev–Trinajstić information content (AvgIpc) is 3.40. The number of nitrogens with zero attached hydrogens (tertiary/aromatic N) is 2. The van der Waals surface area contributed by atoms with Crippen LogP contribution in [0.1, 0.15) is 62.1 Å². The van der Waals surface area contributed by atoms with Gasteiger partial charge in [0, 0.05) is 30.1 Å². The smallest absolute Gasteiger partial charge is 0.337 e. The van der Waals surface area contributed by atoms with Gasteiger partial charge >= 0.3 is 5.97 Å². The second kappa shape index (κ2) is 12.8. The van der Waals surface area contributed by atoms with Crippen LogP contribution in [0.2, 0.25) is 0 Å². The van der Waals surface area contributed by atoms with Crippen LogP contribution in [-0.2, 0) is 11.2 Å². The van der Waals surface area contributed by atoms with Gasteiger partial charge in [-0.1, -0.05) is 30.3 Å². The molecule has 0 bridgehead atoms. The normalized spacial score (nSPS) is 16.3. The number of hydrogen-bond acceptors (Lipinski definition) is 7. The van der Waals surface area contributed by atoms with E-state index in [4.69, 9.17) is 13.9 Å². The number of furan rings is 1. The first-order valence-electron chi connectivity index (χ1n) is 14.8. The third kappa shape index (κ3) is 6.22. The van der Waals surface area contributed by atoms with Crippen LogP contribution in [0.4, 0.5) is 15.9 Å². The number of hydrogen-bond donors (Lipinski definition) is 1. The van der Waals surface area contributed by atoms with Gasteiger partial charge in [-0.25, -0.2) is 14.2 Å².